The number of ether oxygens (including phenoxy) is 1. The molecule has 23 heavy (non-hydrogen) atoms. The van der Waals surface area contributed by atoms with Crippen LogP contribution in [0.4, 0.5) is 4.79 Å². The van der Waals surface area contributed by atoms with E-state index in [1.807, 2.05) is 32.0 Å². The van der Waals surface area contributed by atoms with Gasteiger partial charge in [0, 0.05) is 44.8 Å². The van der Waals surface area contributed by atoms with Crippen molar-refractivity contribution >= 4 is 12.0 Å². The molecule has 1 aromatic rings. The highest BCUT2D eigenvalue weighted by Gasteiger charge is 2.21. The molecule has 1 aromatic carbocycles. The van der Waals surface area contributed by atoms with Crippen LogP contribution in [-0.4, -0.2) is 68.2 Å². The fraction of sp³-hybridized carbons (Fsp3) is 0.529. The Morgan fingerprint density at radius 2 is 1.83 bits per heavy atom. The Kier molecular flexibility index (Phi) is 5.98. The van der Waals surface area contributed by atoms with Crippen LogP contribution in [0.25, 0.3) is 0 Å². The van der Waals surface area contributed by atoms with Crippen LogP contribution >= 0.6 is 0 Å². The van der Waals surface area contributed by atoms with Crippen molar-refractivity contribution in [2.45, 2.75) is 13.8 Å². The SMILES string of the molecule is COC(=O)N1CCN(CCNC(=O)c2ccc(C)c(C)c2)CC1. The number of methoxy groups -OCH3 is 1. The lowest BCUT2D eigenvalue weighted by atomic mass is 10.1. The number of amides is 2. The van der Waals surface area contributed by atoms with Gasteiger partial charge >= 0.3 is 6.09 Å². The average Bonchev–Trinajstić information content (AvgIpc) is 2.57. The van der Waals surface area contributed by atoms with Gasteiger partial charge in [-0.25, -0.2) is 4.79 Å². The first kappa shape index (κ1) is 17.3. The molecule has 1 aliphatic rings. The molecule has 1 saturated heterocycles. The summed E-state index contributed by atoms with van der Waals surface area (Å²) in [5.41, 5.74) is 3.00. The molecule has 0 saturated carbocycles. The first-order valence-electron chi connectivity index (χ1n) is 7.92. The van der Waals surface area contributed by atoms with Crippen molar-refractivity contribution < 1.29 is 14.3 Å². The number of carbonyl (C=O) groups excluding carboxylic acids is 2. The number of piperazine rings is 1. The predicted octanol–water partition coefficient (Wildman–Crippen LogP) is 1.42. The molecule has 0 bridgehead atoms. The van der Waals surface area contributed by atoms with Gasteiger partial charge in [0.15, 0.2) is 0 Å². The van der Waals surface area contributed by atoms with E-state index < -0.39 is 0 Å². The van der Waals surface area contributed by atoms with Gasteiger partial charge in [-0.05, 0) is 37.1 Å². The monoisotopic (exact) mass is 319 g/mol. The molecule has 0 spiro atoms. The highest BCUT2D eigenvalue weighted by molar-refractivity contribution is 5.94. The molecule has 0 unspecified atom stereocenters. The Labute approximate surface area is 137 Å². The van der Waals surface area contributed by atoms with Crippen LogP contribution in [-0.2, 0) is 4.74 Å². The van der Waals surface area contributed by atoms with E-state index in [2.05, 4.69) is 10.2 Å². The van der Waals surface area contributed by atoms with Crippen molar-refractivity contribution in [2.75, 3.05) is 46.4 Å². The summed E-state index contributed by atoms with van der Waals surface area (Å²) in [6.45, 7) is 8.35. The lowest BCUT2D eigenvalue weighted by molar-refractivity contribution is 0.0885. The van der Waals surface area contributed by atoms with Crippen LogP contribution in [0, 0.1) is 13.8 Å². The third-order valence-electron chi connectivity index (χ3n) is 4.29. The maximum absolute atomic E-state index is 12.1. The Morgan fingerprint density at radius 1 is 1.13 bits per heavy atom. The van der Waals surface area contributed by atoms with Crippen LogP contribution in [0.2, 0.25) is 0 Å². The van der Waals surface area contributed by atoms with Crippen LogP contribution < -0.4 is 5.32 Å². The quantitative estimate of drug-likeness (QED) is 0.912. The number of aryl methyl sites for hydroxylation is 2. The van der Waals surface area contributed by atoms with E-state index in [1.54, 1.807) is 4.90 Å². The van der Waals surface area contributed by atoms with E-state index >= 15 is 0 Å². The zero-order valence-electron chi connectivity index (χ0n) is 14.1. The van der Waals surface area contributed by atoms with Crippen molar-refractivity contribution in [1.29, 1.82) is 0 Å². The molecule has 2 rings (SSSR count). The normalized spacial score (nSPS) is 15.3. The van der Waals surface area contributed by atoms with E-state index in [-0.39, 0.29) is 12.0 Å². The summed E-state index contributed by atoms with van der Waals surface area (Å²) < 4.78 is 4.72. The fourth-order valence-electron chi connectivity index (χ4n) is 2.60. The second-order valence-electron chi connectivity index (χ2n) is 5.85. The van der Waals surface area contributed by atoms with Gasteiger partial charge in [-0.1, -0.05) is 6.07 Å². The van der Waals surface area contributed by atoms with E-state index in [9.17, 15) is 9.59 Å². The zero-order chi connectivity index (χ0) is 16.8. The summed E-state index contributed by atoms with van der Waals surface area (Å²) in [5, 5.41) is 2.95. The number of rotatable bonds is 4. The molecule has 2 amide bonds. The smallest absolute Gasteiger partial charge is 0.409 e. The van der Waals surface area contributed by atoms with E-state index in [4.69, 9.17) is 4.74 Å². The predicted molar refractivity (Wildman–Crippen MR) is 88.7 cm³/mol. The second-order valence-corrected chi connectivity index (χ2v) is 5.85. The molecular weight excluding hydrogens is 294 g/mol. The molecule has 0 aromatic heterocycles. The van der Waals surface area contributed by atoms with Gasteiger partial charge in [-0.15, -0.1) is 0 Å². The van der Waals surface area contributed by atoms with Crippen LogP contribution in [0.5, 0.6) is 0 Å². The summed E-state index contributed by atoms with van der Waals surface area (Å²) in [5.74, 6) is -0.0405. The molecular formula is C17H25N3O3. The highest BCUT2D eigenvalue weighted by atomic mass is 16.5. The molecule has 0 aliphatic carbocycles. The Morgan fingerprint density at radius 3 is 2.43 bits per heavy atom. The van der Waals surface area contributed by atoms with Crippen molar-refractivity contribution in [2.24, 2.45) is 0 Å². The third kappa shape index (κ3) is 4.69. The Hall–Kier alpha value is -2.08. The van der Waals surface area contributed by atoms with Gasteiger partial charge in [0.25, 0.3) is 5.91 Å². The second kappa shape index (κ2) is 7.97. The summed E-state index contributed by atoms with van der Waals surface area (Å²) in [6, 6.07) is 5.74. The first-order valence-corrected chi connectivity index (χ1v) is 7.92. The van der Waals surface area contributed by atoms with E-state index in [0.717, 1.165) is 25.2 Å². The van der Waals surface area contributed by atoms with Gasteiger partial charge in [-0.3, -0.25) is 9.69 Å². The van der Waals surface area contributed by atoms with Gasteiger partial charge < -0.3 is 15.0 Å². The van der Waals surface area contributed by atoms with Crippen molar-refractivity contribution in [3.05, 3.63) is 34.9 Å². The number of carbonyl (C=O) groups is 2. The van der Waals surface area contributed by atoms with Gasteiger partial charge in [-0.2, -0.15) is 0 Å². The van der Waals surface area contributed by atoms with Crippen molar-refractivity contribution in [1.82, 2.24) is 15.1 Å². The topological polar surface area (TPSA) is 61.9 Å². The molecule has 1 heterocycles. The minimum atomic E-state index is -0.271. The molecule has 6 nitrogen and oxygen atoms in total. The van der Waals surface area contributed by atoms with Gasteiger partial charge in [0.1, 0.15) is 0 Å². The molecule has 1 N–H and O–H groups in total. The molecule has 0 radical (unpaired) electrons. The summed E-state index contributed by atoms with van der Waals surface area (Å²) >= 11 is 0. The fourth-order valence-corrected chi connectivity index (χ4v) is 2.60. The third-order valence-corrected chi connectivity index (χ3v) is 4.29. The minimum absolute atomic E-state index is 0.0405. The largest absolute Gasteiger partial charge is 0.453 e. The molecule has 1 fully saturated rings. The number of nitrogens with one attached hydrogen (secondary N) is 1. The first-order chi connectivity index (χ1) is 11.0. The van der Waals surface area contributed by atoms with Gasteiger partial charge in [0.05, 0.1) is 7.11 Å². The average molecular weight is 319 g/mol. The van der Waals surface area contributed by atoms with Crippen LogP contribution in [0.3, 0.4) is 0 Å². The van der Waals surface area contributed by atoms with E-state index in [1.165, 1.54) is 12.7 Å². The highest BCUT2D eigenvalue weighted by Crippen LogP contribution is 2.09. The lowest BCUT2D eigenvalue weighted by Gasteiger charge is -2.33. The van der Waals surface area contributed by atoms with E-state index in [0.29, 0.717) is 25.2 Å². The number of hydrogen-bond donors (Lipinski definition) is 1. The Balaban J connectivity index is 1.72. The zero-order valence-corrected chi connectivity index (χ0v) is 14.1. The number of nitrogens with zero attached hydrogens (tertiary/aromatic N) is 2. The van der Waals surface area contributed by atoms with Crippen LogP contribution in [0.15, 0.2) is 18.2 Å². The summed E-state index contributed by atoms with van der Waals surface area (Å²) in [4.78, 5) is 27.5. The van der Waals surface area contributed by atoms with Crippen LogP contribution in [0.1, 0.15) is 21.5 Å². The molecule has 126 valence electrons. The minimum Gasteiger partial charge on any atom is -0.453 e. The standard InChI is InChI=1S/C17H25N3O3/c1-13-4-5-15(12-14(13)2)16(21)18-6-7-19-8-10-20(11-9-19)17(22)23-3/h4-5,12H,6-11H2,1-3H3,(H,18,21). The van der Waals surface area contributed by atoms with Crippen molar-refractivity contribution in [3.8, 4) is 0 Å². The molecule has 6 heteroatoms. The summed E-state index contributed by atoms with van der Waals surface area (Å²) in [7, 11) is 1.40. The maximum Gasteiger partial charge on any atom is 0.409 e. The summed E-state index contributed by atoms with van der Waals surface area (Å²) in [6.07, 6.45) is -0.271. The van der Waals surface area contributed by atoms with Crippen molar-refractivity contribution in [3.63, 3.8) is 0 Å². The molecule has 0 atom stereocenters. The Bertz CT molecular complexity index is 566. The number of hydrogen-bond acceptors (Lipinski definition) is 4. The van der Waals surface area contributed by atoms with Gasteiger partial charge in [0.2, 0.25) is 0 Å². The number of benzene rings is 1. The lowest BCUT2D eigenvalue weighted by Crippen LogP contribution is -2.50. The maximum atomic E-state index is 12.1. The molecule has 1 aliphatic heterocycles.